The number of nitrogens with one attached hydrogen (secondary N) is 2. The first-order valence-corrected chi connectivity index (χ1v) is 7.02. The largest absolute Gasteiger partial charge is 0.358 e. The summed E-state index contributed by atoms with van der Waals surface area (Å²) < 4.78 is 0. The molecular weight excluding hydrogens is 230 g/mol. The van der Waals surface area contributed by atoms with Gasteiger partial charge in [0.2, 0.25) is 0 Å². The van der Waals surface area contributed by atoms with Gasteiger partial charge in [-0.05, 0) is 62.6 Å². The number of hydrazone groups is 1. The van der Waals surface area contributed by atoms with Crippen LogP contribution in [0.5, 0.6) is 0 Å². The summed E-state index contributed by atoms with van der Waals surface area (Å²) in [5.41, 5.74) is 4.26. The van der Waals surface area contributed by atoms with Crippen molar-refractivity contribution in [2.24, 2.45) is 16.9 Å². The van der Waals surface area contributed by atoms with Gasteiger partial charge in [-0.25, -0.2) is 0 Å². The Morgan fingerprint density at radius 1 is 1.24 bits per heavy atom. The normalized spacial score (nSPS) is 34.1. The van der Waals surface area contributed by atoms with E-state index in [1.165, 1.54) is 31.4 Å². The van der Waals surface area contributed by atoms with Gasteiger partial charge in [-0.3, -0.25) is 5.43 Å². The first-order chi connectivity index (χ1) is 8.31. The summed E-state index contributed by atoms with van der Waals surface area (Å²) >= 11 is 5.29. The minimum absolute atomic E-state index is 0.522. The van der Waals surface area contributed by atoms with Crippen LogP contribution in [0.15, 0.2) is 17.3 Å². The molecule has 0 heterocycles. The Kier molecular flexibility index (Phi) is 3.14. The highest BCUT2D eigenvalue weighted by atomic mass is 32.1. The summed E-state index contributed by atoms with van der Waals surface area (Å²) in [5.74, 6) is 1.46. The Hall–Kier alpha value is -0.900. The molecule has 3 aliphatic rings. The van der Waals surface area contributed by atoms with Crippen LogP contribution in [0.1, 0.15) is 38.5 Å². The van der Waals surface area contributed by atoms with Crippen molar-refractivity contribution in [2.45, 2.75) is 44.6 Å². The summed E-state index contributed by atoms with van der Waals surface area (Å²) in [7, 11) is 0. The SMILES string of the molecule is S=C(NN=C1CCCC1)N[C@H]1C[C@@H]2C=C[C@H]1C2. The van der Waals surface area contributed by atoms with Gasteiger partial charge in [-0.15, -0.1) is 0 Å². The predicted octanol–water partition coefficient (Wildman–Crippen LogP) is 2.35. The monoisotopic (exact) mass is 249 g/mol. The molecule has 0 radical (unpaired) electrons. The van der Waals surface area contributed by atoms with Crippen LogP contribution < -0.4 is 10.7 Å². The fourth-order valence-corrected chi connectivity index (χ4v) is 3.37. The van der Waals surface area contributed by atoms with Crippen LogP contribution in [0.2, 0.25) is 0 Å². The highest BCUT2D eigenvalue weighted by molar-refractivity contribution is 7.80. The van der Waals surface area contributed by atoms with E-state index in [9.17, 15) is 0 Å². The van der Waals surface area contributed by atoms with Crippen LogP contribution in [0.25, 0.3) is 0 Å². The Balaban J connectivity index is 1.47. The number of nitrogens with zero attached hydrogens (tertiary/aromatic N) is 1. The van der Waals surface area contributed by atoms with Gasteiger partial charge < -0.3 is 5.32 Å². The standard InChI is InChI=1S/C13H19N3S/c17-13(16-15-11-3-1-2-4-11)14-12-8-9-5-6-10(12)7-9/h5-6,9-10,12H,1-4,7-8H2,(H2,14,16,17)/t9-,10+,12+/m1/s1. The Morgan fingerprint density at radius 3 is 2.71 bits per heavy atom. The van der Waals surface area contributed by atoms with Crippen LogP contribution >= 0.6 is 12.2 Å². The number of rotatable bonds is 2. The van der Waals surface area contributed by atoms with Gasteiger partial charge in [0.1, 0.15) is 0 Å². The molecule has 0 aromatic rings. The molecule has 0 unspecified atom stereocenters. The molecule has 4 heteroatoms. The quantitative estimate of drug-likeness (QED) is 0.448. The lowest BCUT2D eigenvalue weighted by molar-refractivity contribution is 0.520. The van der Waals surface area contributed by atoms with Gasteiger partial charge in [0.05, 0.1) is 0 Å². The third-order valence-corrected chi connectivity index (χ3v) is 4.30. The lowest BCUT2D eigenvalue weighted by Crippen LogP contribution is -2.42. The van der Waals surface area contributed by atoms with Crippen LogP contribution in [0, 0.1) is 11.8 Å². The van der Waals surface area contributed by atoms with Crippen molar-refractivity contribution in [1.29, 1.82) is 0 Å². The molecule has 3 nitrogen and oxygen atoms in total. The zero-order valence-electron chi connectivity index (χ0n) is 9.98. The van der Waals surface area contributed by atoms with Crippen molar-refractivity contribution in [3.63, 3.8) is 0 Å². The molecule has 2 bridgehead atoms. The molecule has 3 rings (SSSR count). The molecule has 17 heavy (non-hydrogen) atoms. The fraction of sp³-hybridized carbons (Fsp3) is 0.692. The molecule has 0 spiro atoms. The Bertz CT molecular complexity index is 367. The van der Waals surface area contributed by atoms with E-state index in [0.717, 1.165) is 18.8 Å². The first-order valence-electron chi connectivity index (χ1n) is 6.61. The second kappa shape index (κ2) is 4.77. The first kappa shape index (κ1) is 11.2. The van der Waals surface area contributed by atoms with Crippen LogP contribution in [0.4, 0.5) is 0 Å². The number of hydrogen-bond acceptors (Lipinski definition) is 2. The number of fused-ring (bicyclic) bond motifs is 2. The van der Waals surface area contributed by atoms with Gasteiger partial charge in [-0.2, -0.15) is 5.10 Å². The molecule has 0 aliphatic heterocycles. The smallest absolute Gasteiger partial charge is 0.187 e. The van der Waals surface area contributed by atoms with Crippen molar-refractivity contribution in [3.8, 4) is 0 Å². The van der Waals surface area contributed by atoms with Crippen LogP contribution in [-0.2, 0) is 0 Å². The fourth-order valence-electron chi connectivity index (χ4n) is 3.17. The molecule has 0 aromatic carbocycles. The van der Waals surface area contributed by atoms with Gasteiger partial charge in [0.15, 0.2) is 5.11 Å². The number of hydrogen-bond donors (Lipinski definition) is 2. The van der Waals surface area contributed by atoms with Gasteiger partial charge >= 0.3 is 0 Å². The van der Waals surface area contributed by atoms with E-state index in [4.69, 9.17) is 12.2 Å². The third-order valence-electron chi connectivity index (χ3n) is 4.09. The van der Waals surface area contributed by atoms with Gasteiger partial charge in [0.25, 0.3) is 0 Å². The van der Waals surface area contributed by atoms with Crippen LogP contribution in [0.3, 0.4) is 0 Å². The van der Waals surface area contributed by atoms with E-state index >= 15 is 0 Å². The molecule has 0 saturated heterocycles. The minimum atomic E-state index is 0.522. The van der Waals surface area contributed by atoms with Crippen molar-refractivity contribution < 1.29 is 0 Å². The van der Waals surface area contributed by atoms with Crippen molar-refractivity contribution in [1.82, 2.24) is 10.7 Å². The summed E-state index contributed by atoms with van der Waals surface area (Å²) in [6, 6.07) is 0.522. The third kappa shape index (κ3) is 2.51. The lowest BCUT2D eigenvalue weighted by atomic mass is 10.0. The summed E-state index contributed by atoms with van der Waals surface area (Å²) in [6.45, 7) is 0. The van der Waals surface area contributed by atoms with Crippen molar-refractivity contribution in [3.05, 3.63) is 12.2 Å². The Labute approximate surface area is 108 Å². The minimum Gasteiger partial charge on any atom is -0.358 e. The average molecular weight is 249 g/mol. The van der Waals surface area contributed by atoms with Crippen LogP contribution in [-0.4, -0.2) is 16.9 Å². The zero-order valence-corrected chi connectivity index (χ0v) is 10.8. The Morgan fingerprint density at radius 2 is 2.06 bits per heavy atom. The van der Waals surface area contributed by atoms with E-state index in [1.54, 1.807) is 0 Å². The number of thiocarbonyl (C=S) groups is 1. The molecule has 0 aromatic heterocycles. The van der Waals surface area contributed by atoms with Crippen molar-refractivity contribution in [2.75, 3.05) is 0 Å². The average Bonchev–Trinajstić information content (AvgIpc) is 3.03. The molecule has 2 fully saturated rings. The number of allylic oxidation sites excluding steroid dienone is 1. The molecule has 2 N–H and O–H groups in total. The lowest BCUT2D eigenvalue weighted by Gasteiger charge is -2.20. The van der Waals surface area contributed by atoms with E-state index in [0.29, 0.717) is 17.1 Å². The highest BCUT2D eigenvalue weighted by Gasteiger charge is 2.35. The van der Waals surface area contributed by atoms with Gasteiger partial charge in [-0.1, -0.05) is 12.2 Å². The molecule has 3 atom stereocenters. The molecule has 92 valence electrons. The van der Waals surface area contributed by atoms with Gasteiger partial charge in [0, 0.05) is 11.8 Å². The van der Waals surface area contributed by atoms with E-state index < -0.39 is 0 Å². The second-order valence-corrected chi connectivity index (χ2v) is 5.77. The maximum atomic E-state index is 5.29. The summed E-state index contributed by atoms with van der Waals surface area (Å²) in [4.78, 5) is 0. The van der Waals surface area contributed by atoms with E-state index in [-0.39, 0.29) is 0 Å². The molecule has 0 amide bonds. The van der Waals surface area contributed by atoms with E-state index in [1.807, 2.05) is 0 Å². The maximum absolute atomic E-state index is 5.29. The maximum Gasteiger partial charge on any atom is 0.187 e. The molecule has 3 aliphatic carbocycles. The van der Waals surface area contributed by atoms with Crippen molar-refractivity contribution >= 4 is 23.0 Å². The topological polar surface area (TPSA) is 36.4 Å². The second-order valence-electron chi connectivity index (χ2n) is 5.36. The van der Waals surface area contributed by atoms with E-state index in [2.05, 4.69) is 28.0 Å². The molecular formula is C13H19N3S. The zero-order chi connectivity index (χ0) is 11.7. The highest BCUT2D eigenvalue weighted by Crippen LogP contribution is 2.38. The summed E-state index contributed by atoms with van der Waals surface area (Å²) in [6.07, 6.45) is 12.0. The predicted molar refractivity (Wildman–Crippen MR) is 73.9 cm³/mol. The molecule has 2 saturated carbocycles. The summed E-state index contributed by atoms with van der Waals surface area (Å²) in [5, 5.41) is 8.46.